The molecule has 1 aromatic carbocycles. The monoisotopic (exact) mass is 277 g/mol. The van der Waals surface area contributed by atoms with E-state index in [4.69, 9.17) is 11.0 Å². The fourth-order valence-electron chi connectivity index (χ4n) is 1.79. The molecule has 20 heavy (non-hydrogen) atoms. The van der Waals surface area contributed by atoms with E-state index in [0.29, 0.717) is 18.5 Å². The van der Waals surface area contributed by atoms with Crippen LogP contribution in [0.15, 0.2) is 18.2 Å². The maximum atomic E-state index is 13.9. The highest BCUT2D eigenvalue weighted by Crippen LogP contribution is 2.16. The van der Waals surface area contributed by atoms with Gasteiger partial charge in [0.05, 0.1) is 17.2 Å². The van der Waals surface area contributed by atoms with E-state index in [9.17, 15) is 9.18 Å². The van der Waals surface area contributed by atoms with E-state index in [-0.39, 0.29) is 18.0 Å². The van der Waals surface area contributed by atoms with Crippen molar-refractivity contribution < 1.29 is 9.18 Å². The molecular formula is C15H20FN3O. The maximum Gasteiger partial charge on any atom is 0.242 e. The Hall–Kier alpha value is -1.93. The minimum Gasteiger partial charge on any atom is -0.337 e. The van der Waals surface area contributed by atoms with Crippen LogP contribution in [0.25, 0.3) is 0 Å². The van der Waals surface area contributed by atoms with Crippen LogP contribution >= 0.6 is 0 Å². The molecule has 5 heteroatoms. The molecule has 0 bridgehead atoms. The number of hydrogen-bond acceptors (Lipinski definition) is 3. The maximum absolute atomic E-state index is 13.9. The fourth-order valence-corrected chi connectivity index (χ4v) is 1.79. The van der Waals surface area contributed by atoms with Crippen molar-refractivity contribution in [1.29, 1.82) is 5.26 Å². The van der Waals surface area contributed by atoms with Gasteiger partial charge in [0.15, 0.2) is 0 Å². The minimum atomic E-state index is -0.945. The Kier molecular flexibility index (Phi) is 5.23. The predicted molar refractivity (Wildman–Crippen MR) is 75.1 cm³/mol. The van der Waals surface area contributed by atoms with Gasteiger partial charge in [-0.25, -0.2) is 4.39 Å². The first kappa shape index (κ1) is 16.1. The fraction of sp³-hybridized carbons (Fsp3) is 0.467. The molecule has 1 rings (SSSR count). The van der Waals surface area contributed by atoms with Gasteiger partial charge < -0.3 is 10.6 Å². The molecule has 0 saturated carbocycles. The molecule has 2 N–H and O–H groups in total. The Morgan fingerprint density at radius 2 is 2.15 bits per heavy atom. The van der Waals surface area contributed by atoms with Gasteiger partial charge in [-0.05, 0) is 32.4 Å². The van der Waals surface area contributed by atoms with E-state index in [1.165, 1.54) is 23.1 Å². The van der Waals surface area contributed by atoms with Crippen molar-refractivity contribution >= 4 is 5.91 Å². The molecule has 0 heterocycles. The van der Waals surface area contributed by atoms with Gasteiger partial charge >= 0.3 is 0 Å². The standard InChI is InChI=1S/C15H20FN3O/c1-4-15(3,18)14(20)19(5-2)10-12-7-6-11(9-17)8-13(12)16/h6-8H,4-5,10,18H2,1-3H3. The van der Waals surface area contributed by atoms with Crippen molar-refractivity contribution in [3.63, 3.8) is 0 Å². The molecule has 1 amide bonds. The van der Waals surface area contributed by atoms with Crippen LogP contribution < -0.4 is 5.73 Å². The van der Waals surface area contributed by atoms with Crippen LogP contribution in [-0.2, 0) is 11.3 Å². The number of rotatable bonds is 5. The number of nitrogens with two attached hydrogens (primary N) is 1. The van der Waals surface area contributed by atoms with Gasteiger partial charge in [-0.15, -0.1) is 0 Å². The minimum absolute atomic E-state index is 0.152. The summed E-state index contributed by atoms with van der Waals surface area (Å²) in [6, 6.07) is 6.12. The lowest BCUT2D eigenvalue weighted by atomic mass is 9.98. The van der Waals surface area contributed by atoms with E-state index in [0.717, 1.165) is 0 Å². The van der Waals surface area contributed by atoms with E-state index < -0.39 is 11.4 Å². The van der Waals surface area contributed by atoms with Crippen molar-refractivity contribution in [2.45, 2.75) is 39.3 Å². The lowest BCUT2D eigenvalue weighted by Gasteiger charge is -2.30. The Morgan fingerprint density at radius 1 is 1.50 bits per heavy atom. The molecule has 0 saturated heterocycles. The van der Waals surface area contributed by atoms with Crippen LogP contribution in [0.3, 0.4) is 0 Å². The summed E-state index contributed by atoms with van der Waals surface area (Å²) in [5, 5.41) is 8.71. The SMILES string of the molecule is CCN(Cc1ccc(C#N)cc1F)C(=O)C(C)(N)CC. The Bertz CT molecular complexity index is 534. The third kappa shape index (κ3) is 3.55. The van der Waals surface area contributed by atoms with Crippen molar-refractivity contribution in [1.82, 2.24) is 4.90 Å². The Morgan fingerprint density at radius 3 is 2.60 bits per heavy atom. The average molecular weight is 277 g/mol. The molecule has 1 unspecified atom stereocenters. The van der Waals surface area contributed by atoms with Crippen molar-refractivity contribution in [2.24, 2.45) is 5.73 Å². The molecule has 0 aliphatic heterocycles. The number of benzene rings is 1. The molecule has 1 atom stereocenters. The van der Waals surface area contributed by atoms with E-state index in [1.807, 2.05) is 19.9 Å². The second-order valence-electron chi connectivity index (χ2n) is 5.01. The number of carbonyl (C=O) groups excluding carboxylic acids is 1. The van der Waals surface area contributed by atoms with Gasteiger partial charge in [0.2, 0.25) is 5.91 Å². The second-order valence-corrected chi connectivity index (χ2v) is 5.01. The van der Waals surface area contributed by atoms with E-state index in [1.54, 1.807) is 6.92 Å². The highest BCUT2D eigenvalue weighted by Gasteiger charge is 2.30. The lowest BCUT2D eigenvalue weighted by Crippen LogP contribution is -2.52. The van der Waals surface area contributed by atoms with Crippen molar-refractivity contribution in [3.05, 3.63) is 35.1 Å². The number of nitriles is 1. The largest absolute Gasteiger partial charge is 0.337 e. The summed E-state index contributed by atoms with van der Waals surface area (Å²) < 4.78 is 13.9. The van der Waals surface area contributed by atoms with Gasteiger partial charge in [0.25, 0.3) is 0 Å². The molecule has 4 nitrogen and oxygen atoms in total. The summed E-state index contributed by atoms with van der Waals surface area (Å²) in [5.74, 6) is -0.684. The molecule has 0 aliphatic carbocycles. The first-order chi connectivity index (χ1) is 9.35. The first-order valence-electron chi connectivity index (χ1n) is 6.62. The highest BCUT2D eigenvalue weighted by atomic mass is 19.1. The summed E-state index contributed by atoms with van der Waals surface area (Å²) in [6.45, 7) is 5.94. The van der Waals surface area contributed by atoms with Crippen LogP contribution in [-0.4, -0.2) is 22.9 Å². The number of carbonyl (C=O) groups is 1. The third-order valence-corrected chi connectivity index (χ3v) is 3.44. The molecule has 1 aromatic rings. The van der Waals surface area contributed by atoms with Gasteiger partial charge in [0.1, 0.15) is 5.82 Å². The normalized spacial score (nSPS) is 13.4. The lowest BCUT2D eigenvalue weighted by molar-refractivity contribution is -0.137. The number of amides is 1. The van der Waals surface area contributed by atoms with Crippen molar-refractivity contribution in [3.8, 4) is 6.07 Å². The topological polar surface area (TPSA) is 70.1 Å². The Labute approximate surface area is 119 Å². The number of halogens is 1. The summed E-state index contributed by atoms with van der Waals surface area (Å²) in [6.07, 6.45) is 0.512. The summed E-state index contributed by atoms with van der Waals surface area (Å²) >= 11 is 0. The summed E-state index contributed by atoms with van der Waals surface area (Å²) in [4.78, 5) is 13.8. The molecular weight excluding hydrogens is 257 g/mol. The zero-order valence-electron chi connectivity index (χ0n) is 12.1. The van der Waals surface area contributed by atoms with E-state index in [2.05, 4.69) is 0 Å². The Balaban J connectivity index is 2.95. The highest BCUT2D eigenvalue weighted by molar-refractivity contribution is 5.85. The van der Waals surface area contributed by atoms with Crippen LogP contribution in [0.1, 0.15) is 38.3 Å². The van der Waals surface area contributed by atoms with Gasteiger partial charge in [-0.2, -0.15) is 5.26 Å². The third-order valence-electron chi connectivity index (χ3n) is 3.44. The smallest absolute Gasteiger partial charge is 0.242 e. The second kappa shape index (κ2) is 6.49. The van der Waals surface area contributed by atoms with Crippen LogP contribution in [0.5, 0.6) is 0 Å². The van der Waals surface area contributed by atoms with E-state index >= 15 is 0 Å². The van der Waals surface area contributed by atoms with Crippen LogP contribution in [0.2, 0.25) is 0 Å². The molecule has 0 aliphatic rings. The van der Waals surface area contributed by atoms with Crippen LogP contribution in [0, 0.1) is 17.1 Å². The number of nitrogens with zero attached hydrogens (tertiary/aromatic N) is 2. The zero-order chi connectivity index (χ0) is 15.3. The first-order valence-corrected chi connectivity index (χ1v) is 6.62. The predicted octanol–water partition coefficient (Wildman–Crippen LogP) is 2.17. The molecule has 108 valence electrons. The molecule has 0 aromatic heterocycles. The molecule has 0 spiro atoms. The molecule has 0 radical (unpaired) electrons. The molecule has 0 fully saturated rings. The van der Waals surface area contributed by atoms with Gasteiger partial charge in [0, 0.05) is 18.7 Å². The number of hydrogen-bond donors (Lipinski definition) is 1. The number of likely N-dealkylation sites (N-methyl/N-ethyl adjacent to an activating group) is 1. The van der Waals surface area contributed by atoms with Crippen LogP contribution in [0.4, 0.5) is 4.39 Å². The summed E-state index contributed by atoms with van der Waals surface area (Å²) in [7, 11) is 0. The van der Waals surface area contributed by atoms with Crippen molar-refractivity contribution in [2.75, 3.05) is 6.54 Å². The summed E-state index contributed by atoms with van der Waals surface area (Å²) in [5.41, 5.74) is 5.64. The van der Waals surface area contributed by atoms with Gasteiger partial charge in [-0.1, -0.05) is 13.0 Å². The average Bonchev–Trinajstić information content (AvgIpc) is 2.45. The zero-order valence-corrected chi connectivity index (χ0v) is 12.1. The van der Waals surface area contributed by atoms with Gasteiger partial charge in [-0.3, -0.25) is 4.79 Å². The quantitative estimate of drug-likeness (QED) is 0.896.